The first-order valence-electron chi connectivity index (χ1n) is 8.75. The van der Waals surface area contributed by atoms with Gasteiger partial charge in [0.1, 0.15) is 12.2 Å². The van der Waals surface area contributed by atoms with Gasteiger partial charge >= 0.3 is 0 Å². The molecule has 0 aromatic carbocycles. The van der Waals surface area contributed by atoms with Gasteiger partial charge in [-0.25, -0.2) is 4.98 Å². The van der Waals surface area contributed by atoms with Crippen molar-refractivity contribution in [1.82, 2.24) is 24.3 Å². The van der Waals surface area contributed by atoms with E-state index >= 15 is 0 Å². The zero-order valence-corrected chi connectivity index (χ0v) is 15.8. The van der Waals surface area contributed by atoms with Crippen molar-refractivity contribution in [3.8, 4) is 0 Å². The van der Waals surface area contributed by atoms with Crippen LogP contribution >= 0.6 is 0 Å². The summed E-state index contributed by atoms with van der Waals surface area (Å²) in [6, 6.07) is 1.95. The van der Waals surface area contributed by atoms with Crippen molar-refractivity contribution in [3.05, 3.63) is 30.9 Å². The fourth-order valence-electron chi connectivity index (χ4n) is 2.49. The molecule has 0 aliphatic rings. The first-order valence-corrected chi connectivity index (χ1v) is 8.75. The molecule has 0 radical (unpaired) electrons. The highest BCUT2D eigenvalue weighted by molar-refractivity contribution is 5.76. The van der Waals surface area contributed by atoms with Crippen molar-refractivity contribution >= 4 is 28.6 Å². The van der Waals surface area contributed by atoms with Gasteiger partial charge in [-0.2, -0.15) is 10.1 Å². The summed E-state index contributed by atoms with van der Waals surface area (Å²) in [7, 11) is 1.92. The van der Waals surface area contributed by atoms with Crippen molar-refractivity contribution in [2.75, 3.05) is 5.32 Å². The normalized spacial score (nSPS) is 10.7. The highest BCUT2D eigenvalue weighted by Gasteiger charge is 2.05. The van der Waals surface area contributed by atoms with Crippen LogP contribution in [0.4, 0.5) is 11.6 Å². The Kier molecular flexibility index (Phi) is 6.71. The minimum absolute atomic E-state index is 0.0411. The number of aromatic nitrogens is 5. The Balaban J connectivity index is 0.000000352. The summed E-state index contributed by atoms with van der Waals surface area (Å²) in [4.78, 5) is 19.4. The van der Waals surface area contributed by atoms with E-state index in [0.717, 1.165) is 17.0 Å². The number of amides is 1. The molecular weight excluding hydrogens is 330 g/mol. The number of nitrogens with zero attached hydrogens (tertiary/aromatic N) is 5. The lowest BCUT2D eigenvalue weighted by Crippen LogP contribution is -2.18. The zero-order chi connectivity index (χ0) is 19.1. The molecule has 3 rings (SSSR count). The van der Waals surface area contributed by atoms with Crippen LogP contribution in [0.3, 0.4) is 0 Å². The van der Waals surface area contributed by atoms with Crippen LogP contribution in [0.2, 0.25) is 0 Å². The summed E-state index contributed by atoms with van der Waals surface area (Å²) >= 11 is 0. The van der Waals surface area contributed by atoms with Crippen LogP contribution in [0, 0.1) is 5.92 Å². The third-order valence-corrected chi connectivity index (χ3v) is 3.68. The maximum absolute atomic E-state index is 10.8. The quantitative estimate of drug-likeness (QED) is 0.706. The molecular formula is C18H27N7O. The number of nitrogens with one attached hydrogen (secondary N) is 1. The Labute approximate surface area is 153 Å². The molecule has 3 aromatic rings. The number of fused-ring (bicyclic) bond motifs is 1. The fourth-order valence-corrected chi connectivity index (χ4v) is 2.49. The molecule has 0 bridgehead atoms. The Morgan fingerprint density at radius 2 is 2.12 bits per heavy atom. The number of carbonyl (C=O) groups is 1. The molecule has 140 valence electrons. The standard InChI is InChI=1S/C12H13N7O.C6H14/c1-18-3-2-8-4-14-12(17-11(8)18)16-9-5-15-19(6-9)7-10(13)20;1-4-5-6(2)3/h2-6H,7H2,1H3,(H2,13,20)(H,14,16,17);6H,4-5H2,1-3H3. The van der Waals surface area contributed by atoms with E-state index in [1.807, 2.05) is 23.9 Å². The molecule has 3 N–H and O–H groups in total. The monoisotopic (exact) mass is 357 g/mol. The molecule has 0 aliphatic heterocycles. The third kappa shape index (κ3) is 5.58. The first-order chi connectivity index (χ1) is 12.4. The smallest absolute Gasteiger partial charge is 0.239 e. The predicted octanol–water partition coefficient (Wildman–Crippen LogP) is 2.84. The Hall–Kier alpha value is -2.90. The minimum atomic E-state index is -0.443. The Morgan fingerprint density at radius 3 is 2.73 bits per heavy atom. The van der Waals surface area contributed by atoms with Gasteiger partial charge in [-0.15, -0.1) is 0 Å². The average Bonchev–Trinajstić information content (AvgIpc) is 3.14. The van der Waals surface area contributed by atoms with Gasteiger partial charge < -0.3 is 15.6 Å². The molecule has 26 heavy (non-hydrogen) atoms. The lowest BCUT2D eigenvalue weighted by atomic mass is 10.1. The summed E-state index contributed by atoms with van der Waals surface area (Å²) in [5, 5.41) is 8.03. The third-order valence-electron chi connectivity index (χ3n) is 3.68. The highest BCUT2D eigenvalue weighted by atomic mass is 16.1. The maximum atomic E-state index is 10.8. The molecule has 3 aromatic heterocycles. The van der Waals surface area contributed by atoms with E-state index in [0.29, 0.717) is 11.6 Å². The second kappa shape index (κ2) is 8.98. The van der Waals surface area contributed by atoms with E-state index in [4.69, 9.17) is 5.73 Å². The van der Waals surface area contributed by atoms with E-state index in [1.54, 1.807) is 18.6 Å². The molecule has 8 nitrogen and oxygen atoms in total. The molecule has 1 amide bonds. The van der Waals surface area contributed by atoms with E-state index in [9.17, 15) is 4.79 Å². The summed E-state index contributed by atoms with van der Waals surface area (Å²) in [6.45, 7) is 6.77. The van der Waals surface area contributed by atoms with Gasteiger partial charge in [0, 0.05) is 31.0 Å². The van der Waals surface area contributed by atoms with E-state index in [-0.39, 0.29) is 6.54 Å². The van der Waals surface area contributed by atoms with Crippen LogP contribution in [0.15, 0.2) is 30.9 Å². The molecule has 8 heteroatoms. The molecule has 3 heterocycles. The van der Waals surface area contributed by atoms with Crippen LogP contribution in [-0.4, -0.2) is 30.2 Å². The number of nitrogens with two attached hydrogens (primary N) is 1. The average molecular weight is 357 g/mol. The number of anilines is 2. The second-order valence-electron chi connectivity index (χ2n) is 6.60. The van der Waals surface area contributed by atoms with Gasteiger partial charge in [-0.1, -0.05) is 33.6 Å². The maximum Gasteiger partial charge on any atom is 0.239 e. The number of aryl methyl sites for hydroxylation is 1. The number of carbonyl (C=O) groups excluding carboxylic acids is 1. The molecule has 0 fully saturated rings. The minimum Gasteiger partial charge on any atom is -0.368 e. The molecule has 0 saturated heterocycles. The number of rotatable bonds is 6. The zero-order valence-electron chi connectivity index (χ0n) is 15.8. The van der Waals surface area contributed by atoms with Crippen molar-refractivity contribution in [2.45, 2.75) is 40.2 Å². The lowest BCUT2D eigenvalue weighted by molar-refractivity contribution is -0.118. The molecule has 0 spiro atoms. The number of hydrogen-bond donors (Lipinski definition) is 2. The Bertz CT molecular complexity index is 850. The summed E-state index contributed by atoms with van der Waals surface area (Å²) in [6.07, 6.45) is 9.63. The largest absolute Gasteiger partial charge is 0.368 e. The van der Waals surface area contributed by atoms with Crippen molar-refractivity contribution in [3.63, 3.8) is 0 Å². The molecule has 0 aliphatic carbocycles. The van der Waals surface area contributed by atoms with E-state index in [2.05, 4.69) is 41.2 Å². The summed E-state index contributed by atoms with van der Waals surface area (Å²) in [5.74, 6) is 0.925. The van der Waals surface area contributed by atoms with Gasteiger partial charge in [0.2, 0.25) is 11.9 Å². The van der Waals surface area contributed by atoms with Crippen LogP contribution in [0.1, 0.15) is 33.6 Å². The van der Waals surface area contributed by atoms with Crippen molar-refractivity contribution < 1.29 is 4.79 Å². The Morgan fingerprint density at radius 1 is 1.35 bits per heavy atom. The van der Waals surface area contributed by atoms with Crippen LogP contribution < -0.4 is 11.1 Å². The van der Waals surface area contributed by atoms with Gasteiger partial charge in [0.05, 0.1) is 11.9 Å². The van der Waals surface area contributed by atoms with E-state index in [1.165, 1.54) is 17.5 Å². The number of hydrogen-bond acceptors (Lipinski definition) is 5. The fraction of sp³-hybridized carbons (Fsp3) is 0.444. The van der Waals surface area contributed by atoms with Crippen LogP contribution in [-0.2, 0) is 18.4 Å². The first kappa shape index (κ1) is 19.4. The summed E-state index contributed by atoms with van der Waals surface area (Å²) < 4.78 is 3.37. The van der Waals surface area contributed by atoms with Gasteiger partial charge in [0.15, 0.2) is 0 Å². The van der Waals surface area contributed by atoms with Gasteiger partial charge in [-0.05, 0) is 12.0 Å². The predicted molar refractivity (Wildman–Crippen MR) is 103 cm³/mol. The SMILES string of the molecule is CCCC(C)C.Cn1ccc2cnc(Nc3cnn(CC(N)=O)c3)nc21. The van der Waals surface area contributed by atoms with E-state index < -0.39 is 5.91 Å². The van der Waals surface area contributed by atoms with Crippen LogP contribution in [0.5, 0.6) is 0 Å². The molecule has 0 atom stereocenters. The van der Waals surface area contributed by atoms with Crippen LogP contribution in [0.25, 0.3) is 11.0 Å². The highest BCUT2D eigenvalue weighted by Crippen LogP contribution is 2.16. The summed E-state index contributed by atoms with van der Waals surface area (Å²) in [5.41, 5.74) is 6.64. The molecule has 0 saturated carbocycles. The second-order valence-corrected chi connectivity index (χ2v) is 6.60. The van der Waals surface area contributed by atoms with Crippen molar-refractivity contribution in [1.29, 1.82) is 0 Å². The number of primary amides is 1. The van der Waals surface area contributed by atoms with Gasteiger partial charge in [-0.3, -0.25) is 9.48 Å². The topological polar surface area (TPSA) is 104 Å². The lowest BCUT2D eigenvalue weighted by Gasteiger charge is -2.02. The van der Waals surface area contributed by atoms with Crippen molar-refractivity contribution in [2.24, 2.45) is 18.7 Å². The van der Waals surface area contributed by atoms with Gasteiger partial charge in [0.25, 0.3) is 0 Å². The molecule has 0 unspecified atom stereocenters.